The number of furan rings is 1. The van der Waals surface area contributed by atoms with E-state index in [-0.39, 0.29) is 0 Å². The van der Waals surface area contributed by atoms with E-state index in [0.29, 0.717) is 0 Å². The first-order chi connectivity index (χ1) is 25.8. The zero-order valence-electron chi connectivity index (χ0n) is 28.3. The first kappa shape index (κ1) is 28.9. The molecule has 11 aromatic rings. The summed E-state index contributed by atoms with van der Waals surface area (Å²) in [6.45, 7) is 0. The zero-order valence-corrected chi connectivity index (χ0v) is 28.3. The van der Waals surface area contributed by atoms with Gasteiger partial charge in [-0.2, -0.15) is 0 Å². The molecule has 1 heterocycles. The van der Waals surface area contributed by atoms with E-state index in [2.05, 4.69) is 193 Å². The molecule has 0 amide bonds. The van der Waals surface area contributed by atoms with Crippen molar-refractivity contribution in [2.45, 2.75) is 0 Å². The van der Waals surface area contributed by atoms with Gasteiger partial charge in [0, 0.05) is 21.7 Å². The van der Waals surface area contributed by atoms with Gasteiger partial charge in [-0.25, -0.2) is 0 Å². The van der Waals surface area contributed by atoms with Crippen LogP contribution in [0.2, 0.25) is 0 Å². The van der Waals surface area contributed by atoms with E-state index in [0.717, 1.165) is 50.1 Å². The highest BCUT2D eigenvalue weighted by Gasteiger charge is 2.26. The van der Waals surface area contributed by atoms with Crippen molar-refractivity contribution in [3.63, 3.8) is 0 Å². The molecule has 0 N–H and O–H groups in total. The largest absolute Gasteiger partial charge is 0.455 e. The Bertz CT molecular complexity index is 3190. The van der Waals surface area contributed by atoms with E-state index in [4.69, 9.17) is 4.42 Å². The second-order valence-corrected chi connectivity index (χ2v) is 13.6. The number of hydrogen-bond donors (Lipinski definition) is 0. The van der Waals surface area contributed by atoms with Crippen molar-refractivity contribution in [1.82, 2.24) is 0 Å². The van der Waals surface area contributed by atoms with Gasteiger partial charge in [-0.15, -0.1) is 0 Å². The van der Waals surface area contributed by atoms with E-state index in [9.17, 15) is 0 Å². The maximum absolute atomic E-state index is 6.94. The normalized spacial score (nSPS) is 11.8. The summed E-state index contributed by atoms with van der Waals surface area (Å²) in [6.07, 6.45) is 0. The third-order valence-corrected chi connectivity index (χ3v) is 10.8. The highest BCUT2D eigenvalue weighted by atomic mass is 16.3. The van der Waals surface area contributed by atoms with Crippen LogP contribution in [0.1, 0.15) is 0 Å². The minimum absolute atomic E-state index is 0.873. The quantitative estimate of drug-likeness (QED) is 0.175. The van der Waals surface area contributed by atoms with Crippen molar-refractivity contribution in [1.29, 1.82) is 0 Å². The van der Waals surface area contributed by atoms with Crippen molar-refractivity contribution in [3.8, 4) is 11.1 Å². The van der Waals surface area contributed by atoms with Gasteiger partial charge in [0.05, 0.1) is 22.4 Å². The average Bonchev–Trinajstić information content (AvgIpc) is 3.61. The third kappa shape index (κ3) is 4.25. The second kappa shape index (κ2) is 11.3. The lowest BCUT2D eigenvalue weighted by atomic mass is 9.94. The molecule has 0 unspecified atom stereocenters. The molecule has 2 nitrogen and oxygen atoms in total. The number of benzene rings is 10. The molecule has 0 atom stereocenters. The van der Waals surface area contributed by atoms with Gasteiger partial charge in [-0.3, -0.25) is 0 Å². The Balaban J connectivity index is 1.32. The summed E-state index contributed by atoms with van der Waals surface area (Å²) < 4.78 is 6.94. The predicted molar refractivity (Wildman–Crippen MR) is 221 cm³/mol. The van der Waals surface area contributed by atoms with Crippen LogP contribution < -0.4 is 4.90 Å². The minimum atomic E-state index is 0.873. The van der Waals surface area contributed by atoms with E-state index in [1.165, 1.54) is 53.9 Å². The van der Waals surface area contributed by atoms with Gasteiger partial charge in [0.15, 0.2) is 0 Å². The molecule has 0 aliphatic rings. The standard InChI is InChI=1S/C50H31NO/c1-4-18-36-32(13-1)16-11-24-40(36)42-29-30-45(49-43-23-9-10-26-47(43)52-50(42)49)51(44-25-12-17-34-28-27-33-14-2-6-20-38(33)48(34)44)46-31-35-15-3-5-19-37(35)39-21-7-8-22-41(39)46/h1-31H. The summed E-state index contributed by atoms with van der Waals surface area (Å²) in [4.78, 5) is 2.50. The zero-order chi connectivity index (χ0) is 34.2. The lowest BCUT2D eigenvalue weighted by Crippen LogP contribution is -2.12. The first-order valence-corrected chi connectivity index (χ1v) is 17.9. The second-order valence-electron chi connectivity index (χ2n) is 13.6. The molecule has 10 aromatic carbocycles. The van der Waals surface area contributed by atoms with E-state index >= 15 is 0 Å². The van der Waals surface area contributed by atoms with Crippen LogP contribution in [0.15, 0.2) is 192 Å². The number of nitrogens with zero attached hydrogens (tertiary/aromatic N) is 1. The fourth-order valence-corrected chi connectivity index (χ4v) is 8.50. The molecule has 0 saturated carbocycles. The summed E-state index contributed by atoms with van der Waals surface area (Å²) in [5.74, 6) is 0. The van der Waals surface area contributed by atoms with Gasteiger partial charge in [0.1, 0.15) is 11.2 Å². The predicted octanol–water partition coefficient (Wildman–Crippen LogP) is 14.5. The molecule has 0 spiro atoms. The molecule has 11 rings (SSSR count). The summed E-state index contributed by atoms with van der Waals surface area (Å²) >= 11 is 0. The summed E-state index contributed by atoms with van der Waals surface area (Å²) in [7, 11) is 0. The van der Waals surface area contributed by atoms with Crippen LogP contribution in [0.5, 0.6) is 0 Å². The molecular formula is C50H31NO. The molecule has 242 valence electrons. The highest BCUT2D eigenvalue weighted by molar-refractivity contribution is 6.23. The SMILES string of the molecule is c1ccc2c(-c3ccc(N(c4cc5ccccc5c5ccccc45)c4cccc5ccc6ccccc6c45)c4c3oc3ccccc34)cccc2c1. The average molecular weight is 662 g/mol. The number of para-hydroxylation sites is 1. The van der Waals surface area contributed by atoms with Crippen LogP contribution in [0.3, 0.4) is 0 Å². The third-order valence-electron chi connectivity index (χ3n) is 10.8. The summed E-state index contributed by atoms with van der Waals surface area (Å²) in [5, 5.41) is 14.3. The van der Waals surface area contributed by atoms with Gasteiger partial charge in [0.25, 0.3) is 0 Å². The van der Waals surface area contributed by atoms with Gasteiger partial charge < -0.3 is 9.32 Å². The molecule has 0 radical (unpaired) electrons. The lowest BCUT2D eigenvalue weighted by Gasteiger charge is -2.30. The molecular weight excluding hydrogens is 631 g/mol. The topological polar surface area (TPSA) is 16.4 Å². The van der Waals surface area contributed by atoms with Crippen LogP contribution >= 0.6 is 0 Å². The molecule has 0 fully saturated rings. The number of fused-ring (bicyclic) bond motifs is 10. The molecule has 0 aliphatic heterocycles. The van der Waals surface area contributed by atoms with Crippen LogP contribution in [0.4, 0.5) is 17.1 Å². The highest BCUT2D eigenvalue weighted by Crippen LogP contribution is 2.51. The minimum Gasteiger partial charge on any atom is -0.455 e. The molecule has 2 heteroatoms. The van der Waals surface area contributed by atoms with Crippen LogP contribution in [-0.4, -0.2) is 0 Å². The first-order valence-electron chi connectivity index (χ1n) is 17.9. The van der Waals surface area contributed by atoms with E-state index in [1.807, 2.05) is 0 Å². The van der Waals surface area contributed by atoms with Crippen LogP contribution in [0.25, 0.3) is 86.9 Å². The van der Waals surface area contributed by atoms with Crippen molar-refractivity contribution in [2.75, 3.05) is 4.90 Å². The van der Waals surface area contributed by atoms with Crippen molar-refractivity contribution in [2.24, 2.45) is 0 Å². The van der Waals surface area contributed by atoms with Gasteiger partial charge in [0.2, 0.25) is 0 Å². The van der Waals surface area contributed by atoms with Crippen LogP contribution in [0, 0.1) is 0 Å². The summed E-state index contributed by atoms with van der Waals surface area (Å²) in [5.41, 5.74) is 7.32. The Hall–Kier alpha value is -6.90. The van der Waals surface area contributed by atoms with Crippen molar-refractivity contribution in [3.05, 3.63) is 188 Å². The fraction of sp³-hybridized carbons (Fsp3) is 0. The maximum Gasteiger partial charge on any atom is 0.145 e. The Morgan fingerprint density at radius 3 is 1.73 bits per heavy atom. The van der Waals surface area contributed by atoms with Crippen LogP contribution in [-0.2, 0) is 0 Å². The molecule has 0 saturated heterocycles. The Morgan fingerprint density at radius 2 is 0.885 bits per heavy atom. The monoisotopic (exact) mass is 661 g/mol. The molecule has 0 bridgehead atoms. The lowest BCUT2D eigenvalue weighted by molar-refractivity contribution is 0.670. The van der Waals surface area contributed by atoms with E-state index < -0.39 is 0 Å². The Morgan fingerprint density at radius 1 is 0.308 bits per heavy atom. The van der Waals surface area contributed by atoms with Gasteiger partial charge in [-0.05, 0) is 79.0 Å². The smallest absolute Gasteiger partial charge is 0.145 e. The maximum atomic E-state index is 6.94. The number of anilines is 3. The van der Waals surface area contributed by atoms with Gasteiger partial charge >= 0.3 is 0 Å². The number of hydrogen-bond acceptors (Lipinski definition) is 2. The molecule has 1 aromatic heterocycles. The Kier molecular flexibility index (Phi) is 6.28. The van der Waals surface area contributed by atoms with E-state index in [1.54, 1.807) is 0 Å². The number of rotatable bonds is 4. The molecule has 0 aliphatic carbocycles. The Labute approximate surface area is 300 Å². The van der Waals surface area contributed by atoms with Crippen molar-refractivity contribution >= 4 is 92.9 Å². The molecule has 52 heavy (non-hydrogen) atoms. The van der Waals surface area contributed by atoms with Gasteiger partial charge in [-0.1, -0.05) is 158 Å². The van der Waals surface area contributed by atoms with Crippen molar-refractivity contribution < 1.29 is 4.42 Å². The summed E-state index contributed by atoms with van der Waals surface area (Å²) in [6, 6.07) is 68.1. The fourth-order valence-electron chi connectivity index (χ4n) is 8.50.